The number of hydrogen-bond donors (Lipinski definition) is 2. The highest BCUT2D eigenvalue weighted by Crippen LogP contribution is 2.32. The van der Waals surface area contributed by atoms with Crippen molar-refractivity contribution in [3.63, 3.8) is 0 Å². The van der Waals surface area contributed by atoms with Crippen molar-refractivity contribution in [2.24, 2.45) is 11.7 Å². The normalized spacial score (nSPS) is 14.6. The van der Waals surface area contributed by atoms with Crippen LogP contribution in [0.3, 0.4) is 0 Å². The molecule has 2 rings (SSSR count). The molecule has 3 N–H and O–H groups in total. The summed E-state index contributed by atoms with van der Waals surface area (Å²) < 4.78 is 0. The van der Waals surface area contributed by atoms with Gasteiger partial charge in [-0.1, -0.05) is 6.92 Å². The Morgan fingerprint density at radius 2 is 2.17 bits per heavy atom. The molecule has 3 heteroatoms. The van der Waals surface area contributed by atoms with E-state index in [0.29, 0.717) is 0 Å². The van der Waals surface area contributed by atoms with Crippen molar-refractivity contribution < 1.29 is 0 Å². The van der Waals surface area contributed by atoms with Crippen LogP contribution in [0.15, 0.2) is 18.2 Å². The lowest BCUT2D eigenvalue weighted by Crippen LogP contribution is -2.26. The van der Waals surface area contributed by atoms with Gasteiger partial charge >= 0.3 is 0 Å². The second kappa shape index (κ2) is 5.42. The molecule has 0 radical (unpaired) electrons. The predicted octanol–water partition coefficient (Wildman–Crippen LogP) is 2.91. The minimum atomic E-state index is 0.156. The summed E-state index contributed by atoms with van der Waals surface area (Å²) in [4.78, 5) is 2.47. The van der Waals surface area contributed by atoms with Gasteiger partial charge in [0.25, 0.3) is 0 Å². The summed E-state index contributed by atoms with van der Waals surface area (Å²) in [6, 6.07) is 6.24. The molecule has 1 fully saturated rings. The van der Waals surface area contributed by atoms with Gasteiger partial charge in [0.15, 0.2) is 0 Å². The Morgan fingerprint density at radius 3 is 2.67 bits per heavy atom. The summed E-state index contributed by atoms with van der Waals surface area (Å²) in [5.74, 6) is 1.05. The first-order chi connectivity index (χ1) is 8.61. The Hall–Kier alpha value is -1.51. The van der Waals surface area contributed by atoms with Gasteiger partial charge in [-0.15, -0.1) is 0 Å². The van der Waals surface area contributed by atoms with Crippen LogP contribution in [0.1, 0.15) is 37.3 Å². The van der Waals surface area contributed by atoms with Gasteiger partial charge in [0.1, 0.15) is 5.84 Å². The molecule has 1 saturated carbocycles. The number of nitrogens with one attached hydrogen (secondary N) is 1. The van der Waals surface area contributed by atoms with E-state index in [-0.39, 0.29) is 5.84 Å². The minimum Gasteiger partial charge on any atom is -0.384 e. The lowest BCUT2D eigenvalue weighted by Gasteiger charge is -2.25. The van der Waals surface area contributed by atoms with E-state index in [0.717, 1.165) is 23.6 Å². The van der Waals surface area contributed by atoms with Gasteiger partial charge in [-0.2, -0.15) is 0 Å². The van der Waals surface area contributed by atoms with Gasteiger partial charge in [0, 0.05) is 24.3 Å². The summed E-state index contributed by atoms with van der Waals surface area (Å²) >= 11 is 0. The van der Waals surface area contributed by atoms with Crippen LogP contribution in [0.2, 0.25) is 0 Å². The largest absolute Gasteiger partial charge is 0.384 e. The molecule has 0 aliphatic heterocycles. The molecule has 0 atom stereocenters. The van der Waals surface area contributed by atoms with Crippen LogP contribution in [0.5, 0.6) is 0 Å². The number of benzene rings is 1. The average Bonchev–Trinajstić information content (AvgIpc) is 3.11. The van der Waals surface area contributed by atoms with E-state index in [4.69, 9.17) is 11.1 Å². The second-order valence-corrected chi connectivity index (χ2v) is 5.30. The maximum atomic E-state index is 7.52. The first kappa shape index (κ1) is 12.9. The number of nitrogen functional groups attached to an aromatic ring is 1. The number of nitrogens with zero attached hydrogens (tertiary/aromatic N) is 1. The zero-order valence-corrected chi connectivity index (χ0v) is 11.4. The average molecular weight is 245 g/mol. The molecule has 0 amide bonds. The van der Waals surface area contributed by atoms with Crippen molar-refractivity contribution in [2.75, 3.05) is 18.0 Å². The van der Waals surface area contributed by atoms with Gasteiger partial charge in [-0.05, 0) is 55.9 Å². The molecule has 1 aliphatic carbocycles. The Labute approximate surface area is 109 Å². The van der Waals surface area contributed by atoms with E-state index in [2.05, 4.69) is 24.0 Å². The molecule has 0 unspecified atom stereocenters. The number of amidine groups is 1. The van der Waals surface area contributed by atoms with Crippen LogP contribution in [-0.4, -0.2) is 18.9 Å². The van der Waals surface area contributed by atoms with Gasteiger partial charge in [-0.3, -0.25) is 5.41 Å². The molecule has 18 heavy (non-hydrogen) atoms. The maximum absolute atomic E-state index is 7.52. The molecule has 1 aromatic carbocycles. The summed E-state index contributed by atoms with van der Waals surface area (Å²) in [7, 11) is 0. The van der Waals surface area contributed by atoms with E-state index >= 15 is 0 Å². The highest BCUT2D eigenvalue weighted by molar-refractivity contribution is 5.96. The summed E-state index contributed by atoms with van der Waals surface area (Å²) in [6.07, 6.45) is 3.93. The van der Waals surface area contributed by atoms with Crippen molar-refractivity contribution in [3.05, 3.63) is 29.3 Å². The number of anilines is 1. The second-order valence-electron chi connectivity index (χ2n) is 5.30. The van der Waals surface area contributed by atoms with E-state index < -0.39 is 0 Å². The third-order valence-electron chi connectivity index (χ3n) is 3.53. The highest BCUT2D eigenvalue weighted by atomic mass is 15.1. The molecule has 98 valence electrons. The molecule has 1 aromatic rings. The topological polar surface area (TPSA) is 53.1 Å². The molecule has 0 heterocycles. The van der Waals surface area contributed by atoms with Gasteiger partial charge in [0.2, 0.25) is 0 Å². The minimum absolute atomic E-state index is 0.156. The van der Waals surface area contributed by atoms with E-state index in [1.807, 2.05) is 13.0 Å². The molecule has 0 spiro atoms. The standard InChI is InChI=1S/C15H23N3/c1-3-8-18(10-12-4-5-12)13-6-7-14(15(16)17)11(2)9-13/h6-7,9,12H,3-5,8,10H2,1-2H3,(H3,16,17). The predicted molar refractivity (Wildman–Crippen MR) is 77.4 cm³/mol. The zero-order valence-electron chi connectivity index (χ0n) is 11.4. The van der Waals surface area contributed by atoms with Gasteiger partial charge in [-0.25, -0.2) is 0 Å². The molecular formula is C15H23N3. The van der Waals surface area contributed by atoms with Crippen LogP contribution < -0.4 is 10.6 Å². The fourth-order valence-electron chi connectivity index (χ4n) is 2.35. The Kier molecular flexibility index (Phi) is 3.90. The summed E-state index contributed by atoms with van der Waals surface area (Å²) in [6.45, 7) is 6.53. The Morgan fingerprint density at radius 1 is 1.44 bits per heavy atom. The quantitative estimate of drug-likeness (QED) is 0.598. The van der Waals surface area contributed by atoms with Crippen molar-refractivity contribution in [2.45, 2.75) is 33.1 Å². The fourth-order valence-corrected chi connectivity index (χ4v) is 2.35. The molecular weight excluding hydrogens is 222 g/mol. The highest BCUT2D eigenvalue weighted by Gasteiger charge is 2.24. The van der Waals surface area contributed by atoms with Crippen LogP contribution in [-0.2, 0) is 0 Å². The maximum Gasteiger partial charge on any atom is 0.123 e. The SMILES string of the molecule is CCCN(CC1CC1)c1ccc(C(=N)N)c(C)c1. The molecule has 1 aliphatic rings. The molecule has 0 bridgehead atoms. The lowest BCUT2D eigenvalue weighted by atomic mass is 10.1. The third kappa shape index (κ3) is 3.03. The Bertz CT molecular complexity index is 435. The van der Waals surface area contributed by atoms with Crippen LogP contribution in [0.4, 0.5) is 5.69 Å². The van der Waals surface area contributed by atoms with E-state index in [9.17, 15) is 0 Å². The van der Waals surface area contributed by atoms with Crippen LogP contribution in [0, 0.1) is 18.3 Å². The summed E-state index contributed by atoms with van der Waals surface area (Å²) in [5, 5.41) is 7.52. The molecule has 0 saturated heterocycles. The molecule has 0 aromatic heterocycles. The van der Waals surface area contributed by atoms with Crippen molar-refractivity contribution in [1.29, 1.82) is 5.41 Å². The van der Waals surface area contributed by atoms with E-state index in [1.54, 1.807) is 0 Å². The van der Waals surface area contributed by atoms with Crippen molar-refractivity contribution >= 4 is 11.5 Å². The third-order valence-corrected chi connectivity index (χ3v) is 3.53. The monoisotopic (exact) mass is 245 g/mol. The lowest BCUT2D eigenvalue weighted by molar-refractivity contribution is 0.708. The number of aryl methyl sites for hydroxylation is 1. The number of hydrogen-bond acceptors (Lipinski definition) is 2. The van der Waals surface area contributed by atoms with Gasteiger partial charge in [0.05, 0.1) is 0 Å². The molecule has 3 nitrogen and oxygen atoms in total. The number of rotatable bonds is 6. The van der Waals surface area contributed by atoms with E-state index in [1.165, 1.54) is 31.5 Å². The smallest absolute Gasteiger partial charge is 0.123 e. The number of nitrogens with two attached hydrogens (primary N) is 1. The first-order valence-electron chi connectivity index (χ1n) is 6.81. The Balaban J connectivity index is 2.18. The first-order valence-corrected chi connectivity index (χ1v) is 6.81. The zero-order chi connectivity index (χ0) is 13.1. The van der Waals surface area contributed by atoms with Gasteiger partial charge < -0.3 is 10.6 Å². The van der Waals surface area contributed by atoms with Crippen LogP contribution in [0.25, 0.3) is 0 Å². The van der Waals surface area contributed by atoms with Crippen molar-refractivity contribution in [1.82, 2.24) is 0 Å². The fraction of sp³-hybridized carbons (Fsp3) is 0.533. The van der Waals surface area contributed by atoms with Crippen LogP contribution >= 0.6 is 0 Å². The summed E-state index contributed by atoms with van der Waals surface area (Å²) in [5.41, 5.74) is 8.77. The van der Waals surface area contributed by atoms with Crippen molar-refractivity contribution in [3.8, 4) is 0 Å².